The number of Topliss-reactive ketones (excluding diaryl/α,β-unsaturated/α-hetero) is 1. The van der Waals surface area contributed by atoms with Crippen LogP contribution >= 0.6 is 0 Å². The van der Waals surface area contributed by atoms with Crippen molar-refractivity contribution in [2.24, 2.45) is 0 Å². The van der Waals surface area contributed by atoms with E-state index >= 15 is 0 Å². The van der Waals surface area contributed by atoms with Crippen molar-refractivity contribution in [1.29, 1.82) is 0 Å². The number of anilines is 2. The van der Waals surface area contributed by atoms with Gasteiger partial charge >= 0.3 is 0 Å². The van der Waals surface area contributed by atoms with Gasteiger partial charge in [0.25, 0.3) is 0 Å². The molecule has 46 heavy (non-hydrogen) atoms. The first-order valence-corrected chi connectivity index (χ1v) is 15.0. The van der Waals surface area contributed by atoms with Crippen molar-refractivity contribution in [2.75, 3.05) is 71.0 Å². The molecule has 5 rings (SSSR count). The molecule has 1 fully saturated rings. The van der Waals surface area contributed by atoms with E-state index in [4.69, 9.17) is 33.7 Å². The van der Waals surface area contributed by atoms with E-state index in [0.29, 0.717) is 40.9 Å². The Kier molecular flexibility index (Phi) is 11.3. The molecule has 0 aliphatic carbocycles. The van der Waals surface area contributed by atoms with Crippen LogP contribution in [0.25, 0.3) is 22.3 Å². The van der Waals surface area contributed by atoms with Crippen LogP contribution in [0.4, 0.5) is 11.6 Å². The third-order valence-electron chi connectivity index (χ3n) is 7.91. The molecule has 244 valence electrons. The van der Waals surface area contributed by atoms with Crippen LogP contribution in [-0.4, -0.2) is 77.0 Å². The molecule has 0 radical (unpaired) electrons. The van der Waals surface area contributed by atoms with Crippen molar-refractivity contribution in [2.45, 2.75) is 27.7 Å². The van der Waals surface area contributed by atoms with Crippen LogP contribution in [0.5, 0.6) is 28.7 Å². The number of ether oxygens (including phenoxy) is 5. The Morgan fingerprint density at radius 1 is 0.674 bits per heavy atom. The Labute approximate surface area is 271 Å². The Morgan fingerprint density at radius 2 is 1.11 bits per heavy atom. The molecule has 2 aromatic heterocycles. The highest BCUT2D eigenvalue weighted by molar-refractivity contribution is 6.00. The summed E-state index contributed by atoms with van der Waals surface area (Å²) < 4.78 is 27.9. The van der Waals surface area contributed by atoms with Crippen LogP contribution in [0.15, 0.2) is 60.9 Å². The molecular weight excluding hydrogens is 584 g/mol. The van der Waals surface area contributed by atoms with E-state index in [2.05, 4.69) is 21.9 Å². The lowest BCUT2D eigenvalue weighted by molar-refractivity contribution is 0.101. The largest absolute Gasteiger partial charge is 0.496 e. The lowest BCUT2D eigenvalue weighted by Crippen LogP contribution is -2.31. The number of methoxy groups -OCH3 is 4. The molecule has 1 saturated heterocycles. The maximum absolute atomic E-state index is 12.2. The Bertz CT molecular complexity index is 1580. The highest BCUT2D eigenvalue weighted by Gasteiger charge is 2.20. The molecule has 10 heteroatoms. The van der Waals surface area contributed by atoms with Crippen molar-refractivity contribution in [3.8, 4) is 51.0 Å². The van der Waals surface area contributed by atoms with E-state index in [0.717, 1.165) is 66.5 Å². The molecule has 10 nitrogen and oxygen atoms in total. The third kappa shape index (κ3) is 7.11. The molecule has 0 amide bonds. The van der Waals surface area contributed by atoms with E-state index in [1.807, 2.05) is 55.7 Å². The molecule has 1 aliphatic heterocycles. The molecule has 0 spiro atoms. The minimum atomic E-state index is -0.112. The lowest BCUT2D eigenvalue weighted by atomic mass is 10.0. The molecule has 0 bridgehead atoms. The molecular formula is C36H44N4O6. The summed E-state index contributed by atoms with van der Waals surface area (Å²) in [7, 11) is 6.35. The van der Waals surface area contributed by atoms with Gasteiger partial charge in [-0.2, -0.15) is 0 Å². The number of nitrogens with zero attached hydrogens (tertiary/aromatic N) is 4. The second-order valence-corrected chi connectivity index (χ2v) is 10.6. The second kappa shape index (κ2) is 15.3. The minimum Gasteiger partial charge on any atom is -0.496 e. The molecule has 0 saturated carbocycles. The number of carbonyl (C=O) groups is 1. The highest BCUT2D eigenvalue weighted by Crippen LogP contribution is 2.41. The van der Waals surface area contributed by atoms with Gasteiger partial charge in [0, 0.05) is 49.7 Å². The van der Waals surface area contributed by atoms with E-state index in [1.54, 1.807) is 28.4 Å². The first kappa shape index (κ1) is 33.9. The monoisotopic (exact) mass is 628 g/mol. The number of pyridine rings is 2. The van der Waals surface area contributed by atoms with Crippen LogP contribution < -0.4 is 33.5 Å². The molecule has 0 atom stereocenters. The van der Waals surface area contributed by atoms with Gasteiger partial charge in [0.15, 0.2) is 17.3 Å². The lowest BCUT2D eigenvalue weighted by Gasteiger charge is -2.24. The third-order valence-corrected chi connectivity index (χ3v) is 7.91. The fraction of sp³-hybridized carbons (Fsp3) is 0.361. The predicted molar refractivity (Wildman–Crippen MR) is 183 cm³/mol. The average Bonchev–Trinajstić information content (AvgIpc) is 3.34. The van der Waals surface area contributed by atoms with Crippen molar-refractivity contribution in [1.82, 2.24) is 9.97 Å². The van der Waals surface area contributed by atoms with Gasteiger partial charge in [-0.1, -0.05) is 7.43 Å². The van der Waals surface area contributed by atoms with Crippen LogP contribution in [0.1, 0.15) is 38.1 Å². The second-order valence-electron chi connectivity index (χ2n) is 10.6. The fourth-order valence-electron chi connectivity index (χ4n) is 5.62. The van der Waals surface area contributed by atoms with Crippen LogP contribution in [-0.2, 0) is 0 Å². The summed E-state index contributed by atoms with van der Waals surface area (Å²) in [5.41, 5.74) is 4.11. The summed E-state index contributed by atoms with van der Waals surface area (Å²) in [6.07, 6.45) is 4.71. The summed E-state index contributed by atoms with van der Waals surface area (Å²) in [5, 5.41) is 0. The summed E-state index contributed by atoms with van der Waals surface area (Å²) in [6.45, 7) is 7.37. The standard InChI is InChI=1S/C35H40N4O6.CH4/c1-7-45-35-30(43-5)19-27(20-31(35)44-6)25-10-12-33(37-22-25)39-14-8-13-38(15-16-39)32-11-9-24(21-36-32)26-17-28(41-3)34(23(2)40)29(18-26)42-4;/h9-12,17-22H,7-8,13-16H2,1-6H3;1H4. The summed E-state index contributed by atoms with van der Waals surface area (Å²) >= 11 is 0. The van der Waals surface area contributed by atoms with Gasteiger partial charge in [0.2, 0.25) is 5.75 Å². The zero-order chi connectivity index (χ0) is 31.9. The Morgan fingerprint density at radius 3 is 1.46 bits per heavy atom. The number of benzene rings is 2. The van der Waals surface area contributed by atoms with Crippen molar-refractivity contribution in [3.05, 3.63) is 66.5 Å². The van der Waals surface area contributed by atoms with Gasteiger partial charge in [-0.15, -0.1) is 0 Å². The summed E-state index contributed by atoms with van der Waals surface area (Å²) in [6, 6.07) is 15.8. The highest BCUT2D eigenvalue weighted by atomic mass is 16.5. The molecule has 2 aromatic carbocycles. The fourth-order valence-corrected chi connectivity index (χ4v) is 5.62. The maximum Gasteiger partial charge on any atom is 0.203 e. The van der Waals surface area contributed by atoms with Crippen LogP contribution in [0, 0.1) is 0 Å². The van der Waals surface area contributed by atoms with E-state index < -0.39 is 0 Å². The molecule has 4 aromatic rings. The van der Waals surface area contributed by atoms with Gasteiger partial charge in [0.05, 0.1) is 35.0 Å². The summed E-state index contributed by atoms with van der Waals surface area (Å²) in [4.78, 5) is 26.4. The normalized spacial score (nSPS) is 12.9. The molecule has 0 unspecified atom stereocenters. The van der Waals surface area contributed by atoms with E-state index in [1.165, 1.54) is 6.92 Å². The van der Waals surface area contributed by atoms with Gasteiger partial charge in [-0.05, 0) is 79.9 Å². The van der Waals surface area contributed by atoms with Crippen molar-refractivity contribution < 1.29 is 28.5 Å². The smallest absolute Gasteiger partial charge is 0.203 e. The number of rotatable bonds is 11. The average molecular weight is 629 g/mol. The van der Waals surface area contributed by atoms with E-state index in [-0.39, 0.29) is 13.2 Å². The molecule has 3 heterocycles. The zero-order valence-corrected chi connectivity index (χ0v) is 26.8. The van der Waals surface area contributed by atoms with Crippen LogP contribution in [0.3, 0.4) is 0 Å². The first-order valence-electron chi connectivity index (χ1n) is 15.0. The van der Waals surface area contributed by atoms with Gasteiger partial charge in [-0.25, -0.2) is 9.97 Å². The first-order chi connectivity index (χ1) is 21.9. The Balaban J connectivity index is 0.00000480. The van der Waals surface area contributed by atoms with Crippen molar-refractivity contribution >= 4 is 17.4 Å². The van der Waals surface area contributed by atoms with Crippen molar-refractivity contribution in [3.63, 3.8) is 0 Å². The van der Waals surface area contributed by atoms with Crippen LogP contribution in [0.2, 0.25) is 0 Å². The summed E-state index contributed by atoms with van der Waals surface area (Å²) in [5.74, 6) is 4.54. The predicted octanol–water partition coefficient (Wildman–Crippen LogP) is 6.80. The number of hydrogen-bond acceptors (Lipinski definition) is 10. The molecule has 0 N–H and O–H groups in total. The number of hydrogen-bond donors (Lipinski definition) is 0. The SMILES string of the molecule is C.CCOc1c(OC)cc(-c2ccc(N3CCCN(c4ccc(-c5cc(OC)c(C(C)=O)c(OC)c5)cn4)CC3)nc2)cc1OC. The molecule has 1 aliphatic rings. The number of carbonyl (C=O) groups excluding carboxylic acids is 1. The van der Waals surface area contributed by atoms with Gasteiger partial charge < -0.3 is 33.5 Å². The number of aromatic nitrogens is 2. The minimum absolute atomic E-state index is 0. The quantitative estimate of drug-likeness (QED) is 0.165. The topological polar surface area (TPSA) is 95.5 Å². The number of ketones is 1. The zero-order valence-electron chi connectivity index (χ0n) is 26.8. The van der Waals surface area contributed by atoms with Gasteiger partial charge in [-0.3, -0.25) is 4.79 Å². The maximum atomic E-state index is 12.2. The Hall–Kier alpha value is -4.99. The van der Waals surface area contributed by atoms with Gasteiger partial charge in [0.1, 0.15) is 28.7 Å². The van der Waals surface area contributed by atoms with E-state index in [9.17, 15) is 4.79 Å².